The summed E-state index contributed by atoms with van der Waals surface area (Å²) in [5.41, 5.74) is -0.649. The summed E-state index contributed by atoms with van der Waals surface area (Å²) in [7, 11) is 2.13. The van der Waals surface area contributed by atoms with Crippen molar-refractivity contribution < 1.29 is 9.90 Å². The zero-order valence-corrected chi connectivity index (χ0v) is 10.6. The van der Waals surface area contributed by atoms with Crippen molar-refractivity contribution in [2.45, 2.75) is 24.8 Å². The fourth-order valence-corrected chi connectivity index (χ4v) is 2.73. The predicted molar refractivity (Wildman–Crippen MR) is 66.2 cm³/mol. The smallest absolute Gasteiger partial charge is 0.323 e. The Balaban J connectivity index is 1.82. The van der Waals surface area contributed by atoms with E-state index in [1.54, 1.807) is 0 Å². The first-order chi connectivity index (χ1) is 8.12. The van der Waals surface area contributed by atoms with Crippen molar-refractivity contribution in [3.8, 4) is 0 Å². The molecule has 0 aromatic rings. The van der Waals surface area contributed by atoms with E-state index < -0.39 is 11.5 Å². The molecule has 0 amide bonds. The molecular weight excluding hydrogens is 218 g/mol. The molecule has 0 aromatic carbocycles. The minimum atomic E-state index is -0.677. The van der Waals surface area contributed by atoms with Crippen LogP contribution in [0.2, 0.25) is 0 Å². The number of carboxylic acid groups (broad SMARTS) is 1. The zero-order valence-electron chi connectivity index (χ0n) is 10.6. The van der Waals surface area contributed by atoms with E-state index >= 15 is 0 Å². The van der Waals surface area contributed by atoms with Crippen LogP contribution in [0.1, 0.15) is 19.3 Å². The molecule has 2 N–H and O–H groups in total. The lowest BCUT2D eigenvalue weighted by Gasteiger charge is -2.34. The van der Waals surface area contributed by atoms with Crippen LogP contribution in [0.15, 0.2) is 0 Å². The van der Waals surface area contributed by atoms with Crippen molar-refractivity contribution in [2.75, 3.05) is 46.3 Å². The highest BCUT2D eigenvalue weighted by Crippen LogP contribution is 2.24. The van der Waals surface area contributed by atoms with Gasteiger partial charge >= 0.3 is 5.97 Å². The Labute approximate surface area is 103 Å². The second-order valence-electron chi connectivity index (χ2n) is 5.31. The maximum absolute atomic E-state index is 11.4. The molecular formula is C12H23N3O2. The van der Waals surface area contributed by atoms with Gasteiger partial charge in [0.2, 0.25) is 0 Å². The van der Waals surface area contributed by atoms with Crippen LogP contribution in [-0.4, -0.2) is 72.7 Å². The molecule has 0 bridgehead atoms. The van der Waals surface area contributed by atoms with E-state index in [4.69, 9.17) is 0 Å². The van der Waals surface area contributed by atoms with E-state index in [0.717, 1.165) is 58.5 Å². The number of likely N-dealkylation sites (N-methyl/N-ethyl adjacent to an activating group) is 1. The molecule has 2 saturated heterocycles. The summed E-state index contributed by atoms with van der Waals surface area (Å²) < 4.78 is 0. The monoisotopic (exact) mass is 241 g/mol. The first-order valence-electron chi connectivity index (χ1n) is 6.52. The molecule has 5 nitrogen and oxygen atoms in total. The molecule has 1 unspecified atom stereocenters. The van der Waals surface area contributed by atoms with Gasteiger partial charge in [0.15, 0.2) is 0 Å². The molecule has 5 heteroatoms. The lowest BCUT2D eigenvalue weighted by Crippen LogP contribution is -2.51. The first-order valence-corrected chi connectivity index (χ1v) is 6.52. The van der Waals surface area contributed by atoms with Crippen molar-refractivity contribution >= 4 is 5.97 Å². The standard InChI is InChI=1S/C12H23N3O2/c1-14-7-9-15(10-8-14)6-4-12(11(16)17)3-2-5-13-12/h13H,2-10H2,1H3,(H,16,17). The van der Waals surface area contributed by atoms with Crippen molar-refractivity contribution in [2.24, 2.45) is 0 Å². The van der Waals surface area contributed by atoms with Gasteiger partial charge in [-0.1, -0.05) is 0 Å². The van der Waals surface area contributed by atoms with Crippen LogP contribution >= 0.6 is 0 Å². The van der Waals surface area contributed by atoms with Crippen LogP contribution in [-0.2, 0) is 4.79 Å². The molecule has 2 aliphatic rings. The molecule has 0 saturated carbocycles. The molecule has 17 heavy (non-hydrogen) atoms. The Morgan fingerprint density at radius 3 is 2.59 bits per heavy atom. The van der Waals surface area contributed by atoms with E-state index in [0.29, 0.717) is 0 Å². The van der Waals surface area contributed by atoms with Gasteiger partial charge in [-0.25, -0.2) is 0 Å². The summed E-state index contributed by atoms with van der Waals surface area (Å²) in [4.78, 5) is 16.1. The summed E-state index contributed by atoms with van der Waals surface area (Å²) >= 11 is 0. The number of nitrogens with zero attached hydrogens (tertiary/aromatic N) is 2. The number of hydrogen-bond acceptors (Lipinski definition) is 4. The highest BCUT2D eigenvalue weighted by atomic mass is 16.4. The number of piperazine rings is 1. The second-order valence-corrected chi connectivity index (χ2v) is 5.31. The van der Waals surface area contributed by atoms with Crippen molar-refractivity contribution in [3.63, 3.8) is 0 Å². The lowest BCUT2D eigenvalue weighted by molar-refractivity contribution is -0.144. The average molecular weight is 241 g/mol. The van der Waals surface area contributed by atoms with Crippen molar-refractivity contribution in [3.05, 3.63) is 0 Å². The van der Waals surface area contributed by atoms with Gasteiger partial charge in [0.1, 0.15) is 5.54 Å². The van der Waals surface area contributed by atoms with E-state index in [-0.39, 0.29) is 0 Å². The molecule has 0 radical (unpaired) electrons. The Morgan fingerprint density at radius 2 is 2.06 bits per heavy atom. The third kappa shape index (κ3) is 2.97. The number of carbonyl (C=O) groups is 1. The topological polar surface area (TPSA) is 55.8 Å². The van der Waals surface area contributed by atoms with Crippen LogP contribution in [0.5, 0.6) is 0 Å². The molecule has 2 heterocycles. The predicted octanol–water partition coefficient (Wildman–Crippen LogP) is -0.169. The summed E-state index contributed by atoms with van der Waals surface area (Å²) in [6.45, 7) is 6.04. The van der Waals surface area contributed by atoms with E-state index in [9.17, 15) is 9.90 Å². The molecule has 98 valence electrons. The molecule has 2 fully saturated rings. The maximum atomic E-state index is 11.4. The summed E-state index contributed by atoms with van der Waals surface area (Å²) in [6.07, 6.45) is 2.48. The van der Waals surface area contributed by atoms with Gasteiger partial charge in [0.05, 0.1) is 0 Å². The van der Waals surface area contributed by atoms with Crippen LogP contribution in [0.4, 0.5) is 0 Å². The van der Waals surface area contributed by atoms with Crippen LogP contribution in [0, 0.1) is 0 Å². The highest BCUT2D eigenvalue weighted by molar-refractivity contribution is 5.79. The molecule has 0 aromatic heterocycles. The molecule has 2 rings (SSSR count). The summed E-state index contributed by atoms with van der Waals surface area (Å²) in [5.74, 6) is -0.677. The summed E-state index contributed by atoms with van der Waals surface area (Å²) in [5, 5.41) is 12.5. The van der Waals surface area contributed by atoms with Crippen LogP contribution in [0.25, 0.3) is 0 Å². The van der Waals surface area contributed by atoms with Gasteiger partial charge in [-0.3, -0.25) is 4.79 Å². The van der Waals surface area contributed by atoms with Gasteiger partial charge in [0, 0.05) is 32.7 Å². The van der Waals surface area contributed by atoms with Crippen molar-refractivity contribution in [1.29, 1.82) is 0 Å². The SMILES string of the molecule is CN1CCN(CCC2(C(=O)O)CCCN2)CC1. The minimum absolute atomic E-state index is 0.649. The highest BCUT2D eigenvalue weighted by Gasteiger charge is 2.40. The molecule has 1 atom stereocenters. The van der Waals surface area contributed by atoms with E-state index in [1.807, 2.05) is 0 Å². The minimum Gasteiger partial charge on any atom is -0.480 e. The van der Waals surface area contributed by atoms with E-state index in [2.05, 4.69) is 22.2 Å². The Morgan fingerprint density at radius 1 is 1.35 bits per heavy atom. The third-order valence-electron chi connectivity index (χ3n) is 4.10. The molecule has 0 aliphatic carbocycles. The number of rotatable bonds is 4. The second kappa shape index (κ2) is 5.33. The largest absolute Gasteiger partial charge is 0.480 e. The van der Waals surface area contributed by atoms with Gasteiger partial charge in [0.25, 0.3) is 0 Å². The van der Waals surface area contributed by atoms with Gasteiger partial charge in [-0.05, 0) is 32.9 Å². The molecule has 0 spiro atoms. The van der Waals surface area contributed by atoms with Crippen LogP contribution < -0.4 is 5.32 Å². The molecule has 2 aliphatic heterocycles. The maximum Gasteiger partial charge on any atom is 0.323 e. The van der Waals surface area contributed by atoms with Gasteiger partial charge in [-0.2, -0.15) is 0 Å². The quantitative estimate of drug-likeness (QED) is 0.716. The van der Waals surface area contributed by atoms with Gasteiger partial charge in [-0.15, -0.1) is 0 Å². The van der Waals surface area contributed by atoms with E-state index in [1.165, 1.54) is 0 Å². The first kappa shape index (κ1) is 12.8. The summed E-state index contributed by atoms with van der Waals surface area (Å²) in [6, 6.07) is 0. The number of nitrogens with one attached hydrogen (secondary N) is 1. The Kier molecular flexibility index (Phi) is 4.01. The zero-order chi connectivity index (χ0) is 12.3. The Bertz CT molecular complexity index is 269. The normalized spacial score (nSPS) is 31.8. The van der Waals surface area contributed by atoms with Gasteiger partial charge < -0.3 is 20.2 Å². The average Bonchev–Trinajstić information content (AvgIpc) is 2.78. The third-order valence-corrected chi connectivity index (χ3v) is 4.10. The Hall–Kier alpha value is -0.650. The van der Waals surface area contributed by atoms with Crippen LogP contribution in [0.3, 0.4) is 0 Å². The lowest BCUT2D eigenvalue weighted by atomic mass is 9.93. The fraction of sp³-hybridized carbons (Fsp3) is 0.917. The fourth-order valence-electron chi connectivity index (χ4n) is 2.73. The number of aliphatic carboxylic acids is 1. The number of carboxylic acids is 1. The number of hydrogen-bond donors (Lipinski definition) is 2. The van der Waals surface area contributed by atoms with Crippen molar-refractivity contribution in [1.82, 2.24) is 15.1 Å².